The predicted molar refractivity (Wildman–Crippen MR) is 78.5 cm³/mol. The van der Waals surface area contributed by atoms with E-state index < -0.39 is 0 Å². The molecule has 0 radical (unpaired) electrons. The van der Waals surface area contributed by atoms with Crippen LogP contribution in [0.15, 0.2) is 64.6 Å². The lowest BCUT2D eigenvalue weighted by Gasteiger charge is -1.99. The van der Waals surface area contributed by atoms with Crippen LogP contribution < -0.4 is 0 Å². The van der Waals surface area contributed by atoms with E-state index in [4.69, 9.17) is 5.26 Å². The molecule has 0 saturated carbocycles. The van der Waals surface area contributed by atoms with Crippen molar-refractivity contribution in [3.8, 4) is 6.07 Å². The summed E-state index contributed by atoms with van der Waals surface area (Å²) in [5, 5.41) is 9.13. The van der Waals surface area contributed by atoms with Gasteiger partial charge in [-0.1, -0.05) is 58.4 Å². The molecule has 0 saturated heterocycles. The van der Waals surface area contributed by atoms with Crippen LogP contribution in [0.1, 0.15) is 15.9 Å². The van der Waals surface area contributed by atoms with Crippen LogP contribution in [-0.2, 0) is 0 Å². The fourth-order valence-corrected chi connectivity index (χ4v) is 1.88. The first-order valence-electron chi connectivity index (χ1n) is 5.68. The molecule has 2 aromatic rings. The number of Topliss-reactive ketones (excluding diaryl/α,β-unsaturated/α-hetero) is 1. The van der Waals surface area contributed by atoms with Crippen LogP contribution in [0.2, 0.25) is 0 Å². The van der Waals surface area contributed by atoms with Gasteiger partial charge in [-0.2, -0.15) is 5.26 Å². The van der Waals surface area contributed by atoms with Crippen molar-refractivity contribution in [1.29, 1.82) is 5.26 Å². The monoisotopic (exact) mass is 311 g/mol. The molecule has 0 spiro atoms. The number of benzene rings is 2. The van der Waals surface area contributed by atoms with Crippen molar-refractivity contribution < 1.29 is 4.79 Å². The first-order valence-corrected chi connectivity index (χ1v) is 6.47. The third-order valence-electron chi connectivity index (χ3n) is 2.58. The van der Waals surface area contributed by atoms with Crippen molar-refractivity contribution in [2.24, 2.45) is 0 Å². The number of ketones is 1. The lowest BCUT2D eigenvalue weighted by molar-refractivity contribution is 0.104. The fraction of sp³-hybridized carbons (Fsp3) is 0. The maximum Gasteiger partial charge on any atom is 0.203 e. The van der Waals surface area contributed by atoms with Crippen molar-refractivity contribution in [3.63, 3.8) is 0 Å². The van der Waals surface area contributed by atoms with Gasteiger partial charge in [0.15, 0.2) is 0 Å². The highest BCUT2D eigenvalue weighted by molar-refractivity contribution is 9.10. The van der Waals surface area contributed by atoms with E-state index >= 15 is 0 Å². The zero-order valence-corrected chi connectivity index (χ0v) is 11.6. The Morgan fingerprint density at radius 1 is 1.05 bits per heavy atom. The predicted octanol–water partition coefficient (Wildman–Crippen LogP) is 4.24. The molecule has 0 unspecified atom stereocenters. The Labute approximate surface area is 120 Å². The molecule has 0 aromatic heterocycles. The average Bonchev–Trinajstić information content (AvgIpc) is 2.47. The Kier molecular flexibility index (Phi) is 4.27. The molecule has 92 valence electrons. The Hall–Kier alpha value is -2.18. The van der Waals surface area contributed by atoms with Crippen LogP contribution >= 0.6 is 15.9 Å². The molecule has 0 aliphatic carbocycles. The SMILES string of the molecule is N#C/C(=C/c1ccc(Br)cc1)C(=O)c1ccccc1. The van der Waals surface area contributed by atoms with Gasteiger partial charge in [0.05, 0.1) is 0 Å². The number of carbonyl (C=O) groups excluding carboxylic acids is 1. The van der Waals surface area contributed by atoms with Gasteiger partial charge in [-0.25, -0.2) is 0 Å². The van der Waals surface area contributed by atoms with Crippen molar-refractivity contribution in [3.05, 3.63) is 75.8 Å². The number of hydrogen-bond donors (Lipinski definition) is 0. The first-order chi connectivity index (χ1) is 9.20. The molecule has 3 heteroatoms. The molecule has 0 bridgehead atoms. The summed E-state index contributed by atoms with van der Waals surface area (Å²) in [5.41, 5.74) is 1.48. The smallest absolute Gasteiger partial charge is 0.203 e. The number of halogens is 1. The lowest BCUT2D eigenvalue weighted by Crippen LogP contribution is -2.01. The number of carbonyl (C=O) groups is 1. The molecule has 0 fully saturated rings. The standard InChI is InChI=1S/C16H10BrNO/c17-15-8-6-12(7-9-15)10-14(11-18)16(19)13-4-2-1-3-5-13/h1-10H/b14-10-. The molecule has 2 nitrogen and oxygen atoms in total. The maximum absolute atomic E-state index is 12.1. The van der Waals surface area contributed by atoms with E-state index in [0.29, 0.717) is 5.56 Å². The summed E-state index contributed by atoms with van der Waals surface area (Å²) in [6.45, 7) is 0. The van der Waals surface area contributed by atoms with Gasteiger partial charge in [-0.05, 0) is 23.8 Å². The summed E-state index contributed by atoms with van der Waals surface area (Å²) < 4.78 is 0.956. The van der Waals surface area contributed by atoms with Gasteiger partial charge in [-0.15, -0.1) is 0 Å². The summed E-state index contributed by atoms with van der Waals surface area (Å²) in [6.07, 6.45) is 1.60. The van der Waals surface area contributed by atoms with Gasteiger partial charge in [0.25, 0.3) is 0 Å². The van der Waals surface area contributed by atoms with E-state index in [-0.39, 0.29) is 11.4 Å². The summed E-state index contributed by atoms with van der Waals surface area (Å²) in [4.78, 5) is 12.1. The minimum atomic E-state index is -0.258. The van der Waals surface area contributed by atoms with Crippen LogP contribution in [0.5, 0.6) is 0 Å². The molecule has 0 N–H and O–H groups in total. The number of allylic oxidation sites excluding steroid dienone is 1. The molecule has 0 aliphatic heterocycles. The van der Waals surface area contributed by atoms with Gasteiger partial charge in [0.1, 0.15) is 11.6 Å². The second kappa shape index (κ2) is 6.12. The number of nitriles is 1. The fourth-order valence-electron chi connectivity index (χ4n) is 1.62. The molecule has 2 rings (SSSR count). The van der Waals surface area contributed by atoms with Gasteiger partial charge in [0.2, 0.25) is 5.78 Å². The van der Waals surface area contributed by atoms with E-state index in [9.17, 15) is 4.79 Å². The highest BCUT2D eigenvalue weighted by atomic mass is 79.9. The minimum absolute atomic E-state index is 0.133. The second-order valence-electron chi connectivity index (χ2n) is 3.92. The Morgan fingerprint density at radius 2 is 1.68 bits per heavy atom. The number of hydrogen-bond acceptors (Lipinski definition) is 2. The molecule has 19 heavy (non-hydrogen) atoms. The molecule has 2 aromatic carbocycles. The van der Waals surface area contributed by atoms with Gasteiger partial charge < -0.3 is 0 Å². The molecular weight excluding hydrogens is 302 g/mol. The topological polar surface area (TPSA) is 40.9 Å². The molecule has 0 amide bonds. The van der Waals surface area contributed by atoms with Crippen LogP contribution in [0.3, 0.4) is 0 Å². The van der Waals surface area contributed by atoms with Crippen LogP contribution in [0.25, 0.3) is 6.08 Å². The summed E-state index contributed by atoms with van der Waals surface area (Å²) in [6, 6.07) is 18.2. The van der Waals surface area contributed by atoms with Gasteiger partial charge >= 0.3 is 0 Å². The van der Waals surface area contributed by atoms with E-state index in [1.807, 2.05) is 36.4 Å². The largest absolute Gasteiger partial charge is 0.288 e. The van der Waals surface area contributed by atoms with Gasteiger partial charge in [-0.3, -0.25) is 4.79 Å². The van der Waals surface area contributed by atoms with Crippen LogP contribution in [0.4, 0.5) is 0 Å². The maximum atomic E-state index is 12.1. The third-order valence-corrected chi connectivity index (χ3v) is 3.11. The Morgan fingerprint density at radius 3 is 2.26 bits per heavy atom. The van der Waals surface area contributed by atoms with Crippen molar-refractivity contribution in [2.75, 3.05) is 0 Å². The zero-order valence-electron chi connectivity index (χ0n) is 10.0. The second-order valence-corrected chi connectivity index (χ2v) is 4.83. The quantitative estimate of drug-likeness (QED) is 0.483. The zero-order chi connectivity index (χ0) is 13.7. The molecule has 0 aliphatic rings. The van der Waals surface area contributed by atoms with E-state index in [1.165, 1.54) is 0 Å². The normalized spacial score (nSPS) is 10.8. The number of rotatable bonds is 3. The molecule has 0 heterocycles. The Bertz CT molecular complexity index is 651. The number of nitrogens with zero attached hydrogens (tertiary/aromatic N) is 1. The molecular formula is C16H10BrNO. The van der Waals surface area contributed by atoms with Crippen molar-refractivity contribution in [2.45, 2.75) is 0 Å². The van der Waals surface area contributed by atoms with E-state index in [1.54, 1.807) is 30.3 Å². The minimum Gasteiger partial charge on any atom is -0.288 e. The summed E-state index contributed by atoms with van der Waals surface area (Å²) >= 11 is 3.34. The van der Waals surface area contributed by atoms with E-state index in [0.717, 1.165) is 10.0 Å². The first kappa shape index (κ1) is 13.3. The van der Waals surface area contributed by atoms with Crippen LogP contribution in [-0.4, -0.2) is 5.78 Å². The Balaban J connectivity index is 2.33. The van der Waals surface area contributed by atoms with Crippen molar-refractivity contribution >= 4 is 27.8 Å². The lowest BCUT2D eigenvalue weighted by atomic mass is 10.0. The van der Waals surface area contributed by atoms with E-state index in [2.05, 4.69) is 15.9 Å². The molecule has 0 atom stereocenters. The van der Waals surface area contributed by atoms with Gasteiger partial charge in [0, 0.05) is 10.0 Å². The van der Waals surface area contributed by atoms with Crippen LogP contribution in [0, 0.1) is 11.3 Å². The van der Waals surface area contributed by atoms with Crippen molar-refractivity contribution in [1.82, 2.24) is 0 Å². The summed E-state index contributed by atoms with van der Waals surface area (Å²) in [5.74, 6) is -0.258. The highest BCUT2D eigenvalue weighted by Crippen LogP contribution is 2.15. The third kappa shape index (κ3) is 3.40. The summed E-state index contributed by atoms with van der Waals surface area (Å²) in [7, 11) is 0. The highest BCUT2D eigenvalue weighted by Gasteiger charge is 2.11. The average molecular weight is 312 g/mol.